The van der Waals surface area contributed by atoms with Gasteiger partial charge in [-0.1, -0.05) is 23.5 Å². The number of rotatable bonds is 3. The molecule has 1 atom stereocenters. The van der Waals surface area contributed by atoms with E-state index in [1.807, 2.05) is 0 Å². The lowest BCUT2D eigenvalue weighted by Gasteiger charge is -2.09. The fourth-order valence-corrected chi connectivity index (χ4v) is 2.62. The molecule has 0 aliphatic heterocycles. The van der Waals surface area contributed by atoms with Crippen molar-refractivity contribution < 1.29 is 4.39 Å². The molecule has 0 aliphatic carbocycles. The molecule has 5 heteroatoms. The SMILES string of the molecule is Cn1c(CC(Cl)c2ccc(F)cc2)csc1=O. The predicted octanol–water partition coefficient (Wildman–Crippen LogP) is 3.11. The van der Waals surface area contributed by atoms with E-state index in [1.165, 1.54) is 12.1 Å². The number of hydrogen-bond donors (Lipinski definition) is 0. The van der Waals surface area contributed by atoms with Gasteiger partial charge in [-0.3, -0.25) is 4.79 Å². The Morgan fingerprint density at radius 3 is 2.59 bits per heavy atom. The van der Waals surface area contributed by atoms with Gasteiger partial charge < -0.3 is 4.57 Å². The van der Waals surface area contributed by atoms with Gasteiger partial charge in [0.15, 0.2) is 0 Å². The summed E-state index contributed by atoms with van der Waals surface area (Å²) >= 11 is 7.40. The number of halogens is 2. The van der Waals surface area contributed by atoms with Crippen molar-refractivity contribution >= 4 is 22.9 Å². The van der Waals surface area contributed by atoms with Crippen LogP contribution >= 0.6 is 22.9 Å². The van der Waals surface area contributed by atoms with E-state index in [1.54, 1.807) is 29.1 Å². The third kappa shape index (κ3) is 2.76. The lowest BCUT2D eigenvalue weighted by molar-refractivity contribution is 0.626. The number of thiazole rings is 1. The normalized spacial score (nSPS) is 12.6. The minimum absolute atomic E-state index is 0.00275. The molecule has 0 aliphatic rings. The van der Waals surface area contributed by atoms with Crippen molar-refractivity contribution in [3.63, 3.8) is 0 Å². The minimum atomic E-state index is -0.277. The van der Waals surface area contributed by atoms with Gasteiger partial charge in [0, 0.05) is 24.5 Å². The highest BCUT2D eigenvalue weighted by Gasteiger charge is 2.12. The monoisotopic (exact) mass is 271 g/mol. The summed E-state index contributed by atoms with van der Waals surface area (Å²) in [5, 5.41) is 1.55. The molecule has 2 rings (SSSR count). The van der Waals surface area contributed by atoms with Crippen molar-refractivity contribution in [2.24, 2.45) is 7.05 Å². The molecule has 0 N–H and O–H groups in total. The van der Waals surface area contributed by atoms with Crippen molar-refractivity contribution in [2.75, 3.05) is 0 Å². The van der Waals surface area contributed by atoms with Gasteiger partial charge in [-0.15, -0.1) is 11.6 Å². The van der Waals surface area contributed by atoms with Gasteiger partial charge in [-0.2, -0.15) is 0 Å². The average Bonchev–Trinajstić information content (AvgIpc) is 2.62. The molecule has 2 nitrogen and oxygen atoms in total. The van der Waals surface area contributed by atoms with Gasteiger partial charge in [0.1, 0.15) is 5.82 Å². The van der Waals surface area contributed by atoms with Gasteiger partial charge in [0.2, 0.25) is 0 Å². The van der Waals surface area contributed by atoms with E-state index in [9.17, 15) is 9.18 Å². The fraction of sp³-hybridized carbons (Fsp3) is 0.250. The Morgan fingerprint density at radius 1 is 1.41 bits per heavy atom. The number of hydrogen-bond acceptors (Lipinski definition) is 2. The second-order valence-electron chi connectivity index (χ2n) is 3.78. The summed E-state index contributed by atoms with van der Waals surface area (Å²) in [6.07, 6.45) is 0.558. The number of aromatic nitrogens is 1. The zero-order chi connectivity index (χ0) is 12.4. The Bertz CT molecular complexity index is 561. The van der Waals surface area contributed by atoms with Crippen molar-refractivity contribution in [2.45, 2.75) is 11.8 Å². The van der Waals surface area contributed by atoms with Crippen LogP contribution in [0.3, 0.4) is 0 Å². The van der Waals surface area contributed by atoms with Crippen LogP contribution in [0.5, 0.6) is 0 Å². The number of benzene rings is 1. The summed E-state index contributed by atoms with van der Waals surface area (Å²) in [7, 11) is 1.72. The summed E-state index contributed by atoms with van der Waals surface area (Å²) in [4.78, 5) is 11.3. The molecule has 0 fully saturated rings. The van der Waals surface area contributed by atoms with E-state index in [4.69, 9.17) is 11.6 Å². The maximum atomic E-state index is 12.8. The van der Waals surface area contributed by atoms with Crippen LogP contribution in [0.4, 0.5) is 4.39 Å². The molecule has 2 aromatic rings. The Labute approximate surface area is 107 Å². The maximum Gasteiger partial charge on any atom is 0.307 e. The van der Waals surface area contributed by atoms with E-state index < -0.39 is 0 Å². The molecule has 1 aromatic carbocycles. The zero-order valence-electron chi connectivity index (χ0n) is 9.19. The summed E-state index contributed by atoms with van der Waals surface area (Å²) < 4.78 is 14.3. The van der Waals surface area contributed by atoms with Crippen molar-refractivity contribution in [1.82, 2.24) is 4.57 Å². The molecule has 1 heterocycles. The molecular formula is C12H11ClFNOS. The van der Waals surface area contributed by atoms with Crippen molar-refractivity contribution in [3.05, 3.63) is 56.4 Å². The van der Waals surface area contributed by atoms with Crippen LogP contribution in [-0.4, -0.2) is 4.57 Å². The average molecular weight is 272 g/mol. The Balaban J connectivity index is 2.16. The number of alkyl halides is 1. The summed E-state index contributed by atoms with van der Waals surface area (Å²) in [5.41, 5.74) is 1.75. The molecule has 0 amide bonds. The fourth-order valence-electron chi connectivity index (χ4n) is 1.55. The molecule has 0 bridgehead atoms. The highest BCUT2D eigenvalue weighted by molar-refractivity contribution is 7.07. The standard InChI is InChI=1S/C12H11ClFNOS/c1-15-10(7-17-12(15)16)6-11(13)8-2-4-9(14)5-3-8/h2-5,7,11H,6H2,1H3. The molecule has 1 unspecified atom stereocenters. The van der Waals surface area contributed by atoms with Crippen molar-refractivity contribution in [3.8, 4) is 0 Å². The quantitative estimate of drug-likeness (QED) is 0.786. The molecule has 90 valence electrons. The van der Waals surface area contributed by atoms with Gasteiger partial charge in [-0.25, -0.2) is 4.39 Å². The van der Waals surface area contributed by atoms with Crippen LogP contribution in [0, 0.1) is 5.82 Å². The highest BCUT2D eigenvalue weighted by atomic mass is 35.5. The largest absolute Gasteiger partial charge is 0.307 e. The molecule has 1 aromatic heterocycles. The molecule has 0 radical (unpaired) electrons. The number of nitrogens with zero attached hydrogens (tertiary/aromatic N) is 1. The second-order valence-corrected chi connectivity index (χ2v) is 5.12. The zero-order valence-corrected chi connectivity index (χ0v) is 10.8. The van der Waals surface area contributed by atoms with E-state index in [-0.39, 0.29) is 16.1 Å². The van der Waals surface area contributed by atoms with E-state index in [2.05, 4.69) is 0 Å². The van der Waals surface area contributed by atoms with Crippen LogP contribution in [0.2, 0.25) is 0 Å². The second kappa shape index (κ2) is 5.02. The first-order chi connectivity index (χ1) is 8.08. The van der Waals surface area contributed by atoms with Gasteiger partial charge in [0.25, 0.3) is 0 Å². The van der Waals surface area contributed by atoms with E-state index in [0.29, 0.717) is 6.42 Å². The van der Waals surface area contributed by atoms with Gasteiger partial charge in [-0.05, 0) is 17.7 Å². The molecule has 0 saturated heterocycles. The first-order valence-corrected chi connectivity index (χ1v) is 6.42. The minimum Gasteiger partial charge on any atom is -0.306 e. The predicted molar refractivity (Wildman–Crippen MR) is 68.3 cm³/mol. The summed E-state index contributed by atoms with van der Waals surface area (Å²) in [6.45, 7) is 0. The van der Waals surface area contributed by atoms with Crippen LogP contribution in [-0.2, 0) is 13.5 Å². The third-order valence-electron chi connectivity index (χ3n) is 2.62. The summed E-state index contributed by atoms with van der Waals surface area (Å²) in [5.74, 6) is -0.277. The first kappa shape index (κ1) is 12.3. The van der Waals surface area contributed by atoms with Crippen LogP contribution in [0.25, 0.3) is 0 Å². The topological polar surface area (TPSA) is 22.0 Å². The molecule has 17 heavy (non-hydrogen) atoms. The third-order valence-corrected chi connectivity index (χ3v) is 3.89. The lowest BCUT2D eigenvalue weighted by Crippen LogP contribution is -2.12. The summed E-state index contributed by atoms with van der Waals surface area (Å²) in [6, 6.07) is 6.10. The Kier molecular flexibility index (Phi) is 3.64. The highest BCUT2D eigenvalue weighted by Crippen LogP contribution is 2.25. The molecular weight excluding hydrogens is 261 g/mol. The Morgan fingerprint density at radius 2 is 2.06 bits per heavy atom. The van der Waals surface area contributed by atoms with Crippen molar-refractivity contribution in [1.29, 1.82) is 0 Å². The van der Waals surface area contributed by atoms with E-state index in [0.717, 1.165) is 22.6 Å². The van der Waals surface area contributed by atoms with Gasteiger partial charge >= 0.3 is 4.87 Å². The molecule has 0 spiro atoms. The van der Waals surface area contributed by atoms with Gasteiger partial charge in [0.05, 0.1) is 5.38 Å². The van der Waals surface area contributed by atoms with Crippen LogP contribution in [0.1, 0.15) is 16.6 Å². The molecule has 0 saturated carbocycles. The van der Waals surface area contributed by atoms with E-state index >= 15 is 0 Å². The van der Waals surface area contributed by atoms with Crippen LogP contribution < -0.4 is 4.87 Å². The maximum absolute atomic E-state index is 12.8. The van der Waals surface area contributed by atoms with Crippen LogP contribution in [0.15, 0.2) is 34.4 Å². The Hall–Kier alpha value is -1.13. The smallest absolute Gasteiger partial charge is 0.306 e. The lowest BCUT2D eigenvalue weighted by atomic mass is 10.1. The first-order valence-electron chi connectivity index (χ1n) is 5.11.